The minimum Gasteiger partial charge on any atom is -0.481 e. The van der Waals surface area contributed by atoms with Crippen LogP contribution in [0.15, 0.2) is 6.20 Å². The highest BCUT2D eigenvalue weighted by Crippen LogP contribution is 1.99. The summed E-state index contributed by atoms with van der Waals surface area (Å²) >= 11 is 0. The third-order valence-corrected chi connectivity index (χ3v) is 1.41. The lowest BCUT2D eigenvalue weighted by Crippen LogP contribution is -2.18. The zero-order valence-electron chi connectivity index (χ0n) is 6.64. The Morgan fingerprint density at radius 2 is 2.58 bits per heavy atom. The second kappa shape index (κ2) is 3.21. The van der Waals surface area contributed by atoms with E-state index < -0.39 is 11.9 Å². The summed E-state index contributed by atoms with van der Waals surface area (Å²) < 4.78 is 0. The zero-order chi connectivity index (χ0) is 9.14. The van der Waals surface area contributed by atoms with Gasteiger partial charge >= 0.3 is 5.97 Å². The number of aliphatic carboxylic acids is 1. The lowest BCUT2D eigenvalue weighted by atomic mass is 10.2. The van der Waals surface area contributed by atoms with Gasteiger partial charge < -0.3 is 10.8 Å². The minimum absolute atomic E-state index is 0.243. The molecule has 66 valence electrons. The van der Waals surface area contributed by atoms with Crippen LogP contribution in [0.25, 0.3) is 0 Å². The van der Waals surface area contributed by atoms with Crippen LogP contribution in [0.2, 0.25) is 0 Å². The molecule has 1 heterocycles. The normalized spacial score (nSPS) is 12.8. The average Bonchev–Trinajstić information content (AvgIpc) is 2.35. The van der Waals surface area contributed by atoms with Gasteiger partial charge in [0.25, 0.3) is 0 Å². The molecule has 12 heavy (non-hydrogen) atoms. The number of nitrogen functional groups attached to an aromatic ring is 1. The maximum Gasteiger partial charge on any atom is 0.308 e. The second-order valence-corrected chi connectivity index (χ2v) is 2.56. The summed E-state index contributed by atoms with van der Waals surface area (Å²) in [5.74, 6) is -1.07. The summed E-state index contributed by atoms with van der Waals surface area (Å²) in [6, 6.07) is 0. The first-order valence-electron chi connectivity index (χ1n) is 3.48. The predicted molar refractivity (Wildman–Crippen MR) is 41.2 cm³/mol. The lowest BCUT2D eigenvalue weighted by molar-refractivity contribution is -0.141. The average molecular weight is 170 g/mol. The zero-order valence-corrected chi connectivity index (χ0v) is 6.64. The smallest absolute Gasteiger partial charge is 0.308 e. The van der Waals surface area contributed by atoms with E-state index in [9.17, 15) is 4.79 Å². The number of nitrogens with zero attached hydrogens (tertiary/aromatic N) is 3. The highest BCUT2D eigenvalue weighted by Gasteiger charge is 2.12. The Balaban J connectivity index is 2.58. The molecule has 0 aliphatic carbocycles. The van der Waals surface area contributed by atoms with Gasteiger partial charge in [0.05, 0.1) is 18.7 Å². The Bertz CT molecular complexity index is 283. The van der Waals surface area contributed by atoms with E-state index in [0.29, 0.717) is 5.82 Å². The van der Waals surface area contributed by atoms with E-state index in [-0.39, 0.29) is 6.54 Å². The number of anilines is 1. The van der Waals surface area contributed by atoms with E-state index in [0.717, 1.165) is 0 Å². The first kappa shape index (κ1) is 8.51. The van der Waals surface area contributed by atoms with E-state index in [2.05, 4.69) is 10.2 Å². The van der Waals surface area contributed by atoms with Crippen LogP contribution in [0.4, 0.5) is 5.82 Å². The molecule has 1 atom stereocenters. The van der Waals surface area contributed by atoms with Crippen molar-refractivity contribution in [2.45, 2.75) is 13.5 Å². The summed E-state index contributed by atoms with van der Waals surface area (Å²) in [6.45, 7) is 1.83. The fourth-order valence-electron chi connectivity index (χ4n) is 0.722. The molecule has 0 aliphatic rings. The standard InChI is InChI=1S/C6H10N4O2/c1-4(6(11)12)3-10-8-2-5(7)9-10/h2,4H,3H2,1H3,(H2,7,9)(H,11,12). The molecule has 1 rings (SSSR count). The van der Waals surface area contributed by atoms with E-state index in [1.165, 1.54) is 11.0 Å². The number of carbonyl (C=O) groups is 1. The molecule has 0 fully saturated rings. The molecule has 6 heteroatoms. The molecule has 0 radical (unpaired) electrons. The molecule has 0 aliphatic heterocycles. The van der Waals surface area contributed by atoms with Crippen LogP contribution in [-0.4, -0.2) is 26.1 Å². The van der Waals surface area contributed by atoms with Crippen molar-refractivity contribution in [2.75, 3.05) is 5.73 Å². The van der Waals surface area contributed by atoms with E-state index in [1.54, 1.807) is 6.92 Å². The number of hydrogen-bond acceptors (Lipinski definition) is 4. The molecule has 0 saturated carbocycles. The van der Waals surface area contributed by atoms with Gasteiger partial charge in [-0.15, -0.1) is 5.10 Å². The largest absolute Gasteiger partial charge is 0.481 e. The van der Waals surface area contributed by atoms with Crippen molar-refractivity contribution < 1.29 is 9.90 Å². The summed E-state index contributed by atoms with van der Waals surface area (Å²) in [6.07, 6.45) is 1.38. The quantitative estimate of drug-likeness (QED) is 0.642. The van der Waals surface area contributed by atoms with Crippen LogP contribution < -0.4 is 5.73 Å². The van der Waals surface area contributed by atoms with Gasteiger partial charge in [0, 0.05) is 0 Å². The first-order chi connectivity index (χ1) is 5.59. The molecule has 0 amide bonds. The van der Waals surface area contributed by atoms with Gasteiger partial charge in [0.15, 0.2) is 5.82 Å². The van der Waals surface area contributed by atoms with Gasteiger partial charge in [-0.1, -0.05) is 6.92 Å². The van der Waals surface area contributed by atoms with Crippen LogP contribution in [-0.2, 0) is 11.3 Å². The minimum atomic E-state index is -0.870. The van der Waals surface area contributed by atoms with Crippen molar-refractivity contribution in [3.05, 3.63) is 6.20 Å². The second-order valence-electron chi connectivity index (χ2n) is 2.56. The Hall–Kier alpha value is -1.59. The molecule has 1 aromatic heterocycles. The molecule has 0 bridgehead atoms. The maximum absolute atomic E-state index is 10.4. The van der Waals surface area contributed by atoms with Gasteiger partial charge in [0.2, 0.25) is 0 Å². The van der Waals surface area contributed by atoms with Crippen molar-refractivity contribution in [3.63, 3.8) is 0 Å². The van der Waals surface area contributed by atoms with Gasteiger partial charge in [0.1, 0.15) is 0 Å². The Labute approximate surface area is 69.0 Å². The number of hydrogen-bond donors (Lipinski definition) is 2. The summed E-state index contributed by atoms with van der Waals surface area (Å²) in [4.78, 5) is 11.7. The molecule has 0 aromatic carbocycles. The topological polar surface area (TPSA) is 94.0 Å². The Morgan fingerprint density at radius 3 is 3.00 bits per heavy atom. The summed E-state index contributed by atoms with van der Waals surface area (Å²) in [5, 5.41) is 16.1. The number of carboxylic acid groups (broad SMARTS) is 1. The molecule has 6 nitrogen and oxygen atoms in total. The monoisotopic (exact) mass is 170 g/mol. The fourth-order valence-corrected chi connectivity index (χ4v) is 0.722. The molecular formula is C6H10N4O2. The van der Waals surface area contributed by atoms with Gasteiger partial charge in [-0.05, 0) is 0 Å². The third-order valence-electron chi connectivity index (χ3n) is 1.41. The van der Waals surface area contributed by atoms with Crippen LogP contribution in [0.3, 0.4) is 0 Å². The maximum atomic E-state index is 10.4. The molecular weight excluding hydrogens is 160 g/mol. The Morgan fingerprint density at radius 1 is 1.92 bits per heavy atom. The van der Waals surface area contributed by atoms with E-state index in [1.807, 2.05) is 0 Å². The third kappa shape index (κ3) is 1.94. The molecule has 0 spiro atoms. The summed E-state index contributed by atoms with van der Waals surface area (Å²) in [7, 11) is 0. The highest BCUT2D eigenvalue weighted by atomic mass is 16.4. The van der Waals surface area contributed by atoms with Crippen molar-refractivity contribution in [1.29, 1.82) is 0 Å². The summed E-state index contributed by atoms with van der Waals surface area (Å²) in [5.41, 5.74) is 5.29. The molecule has 3 N–H and O–H groups in total. The van der Waals surface area contributed by atoms with Crippen molar-refractivity contribution in [3.8, 4) is 0 Å². The fraction of sp³-hybridized carbons (Fsp3) is 0.500. The van der Waals surface area contributed by atoms with Gasteiger partial charge in [-0.3, -0.25) is 4.79 Å². The Kier molecular flexibility index (Phi) is 2.27. The number of nitrogens with two attached hydrogens (primary N) is 1. The predicted octanol–water partition coefficient (Wildman–Crippen LogP) is -0.419. The van der Waals surface area contributed by atoms with Gasteiger partial charge in [-0.2, -0.15) is 9.90 Å². The molecule has 0 saturated heterocycles. The molecule has 1 aromatic rings. The number of aromatic nitrogens is 3. The number of carboxylic acids is 1. The van der Waals surface area contributed by atoms with Crippen LogP contribution in [0.1, 0.15) is 6.92 Å². The van der Waals surface area contributed by atoms with Crippen molar-refractivity contribution >= 4 is 11.8 Å². The highest BCUT2D eigenvalue weighted by molar-refractivity contribution is 5.69. The van der Waals surface area contributed by atoms with Crippen molar-refractivity contribution in [2.24, 2.45) is 5.92 Å². The molecule has 1 unspecified atom stereocenters. The number of rotatable bonds is 3. The SMILES string of the molecule is CC(Cn1ncc(N)n1)C(=O)O. The first-order valence-corrected chi connectivity index (χ1v) is 3.48. The lowest BCUT2D eigenvalue weighted by Gasteiger charge is -2.03. The van der Waals surface area contributed by atoms with Gasteiger partial charge in [-0.25, -0.2) is 0 Å². The van der Waals surface area contributed by atoms with E-state index in [4.69, 9.17) is 10.8 Å². The van der Waals surface area contributed by atoms with Crippen LogP contribution >= 0.6 is 0 Å². The van der Waals surface area contributed by atoms with Crippen LogP contribution in [0.5, 0.6) is 0 Å². The van der Waals surface area contributed by atoms with E-state index >= 15 is 0 Å². The van der Waals surface area contributed by atoms with Crippen LogP contribution in [0, 0.1) is 5.92 Å². The van der Waals surface area contributed by atoms with Crippen molar-refractivity contribution in [1.82, 2.24) is 15.0 Å².